The Morgan fingerprint density at radius 3 is 2.11 bits per heavy atom. The Morgan fingerprint density at radius 1 is 0.833 bits per heavy atom. The first-order valence-corrected chi connectivity index (χ1v) is 6.36. The van der Waals surface area contributed by atoms with Gasteiger partial charge in [-0.3, -0.25) is 0 Å². The van der Waals surface area contributed by atoms with Crippen molar-refractivity contribution in [1.82, 2.24) is 0 Å². The number of hydrogen-bond donors (Lipinski definition) is 1. The Hall–Kier alpha value is -1.86. The molecule has 0 aliphatic rings. The lowest BCUT2D eigenvalue weighted by Crippen LogP contribution is -2.08. The van der Waals surface area contributed by atoms with E-state index in [2.05, 4.69) is 48.6 Å². The van der Waals surface area contributed by atoms with E-state index in [1.54, 1.807) is 0 Å². The molecule has 2 aromatic rings. The molecule has 2 rings (SSSR count). The highest BCUT2D eigenvalue weighted by molar-refractivity contribution is 5.20. The van der Waals surface area contributed by atoms with Crippen molar-refractivity contribution in [1.29, 1.82) is 0 Å². The van der Waals surface area contributed by atoms with Crippen LogP contribution in [0.4, 0.5) is 0 Å². The normalized spacial score (nSPS) is 12.7. The Kier molecular flexibility index (Phi) is 4.74. The predicted octanol–water partition coefficient (Wildman–Crippen LogP) is 3.88. The maximum atomic E-state index is 6.12. The van der Waals surface area contributed by atoms with Gasteiger partial charge >= 0.3 is 0 Å². The van der Waals surface area contributed by atoms with E-state index in [4.69, 9.17) is 5.73 Å². The quantitative estimate of drug-likeness (QED) is 0.785. The minimum atomic E-state index is 0.0956. The van der Waals surface area contributed by atoms with Crippen molar-refractivity contribution in [3.8, 4) is 0 Å². The zero-order valence-electron chi connectivity index (χ0n) is 10.5. The van der Waals surface area contributed by atoms with Crippen LogP contribution in [-0.2, 0) is 6.42 Å². The van der Waals surface area contributed by atoms with E-state index in [0.29, 0.717) is 0 Å². The van der Waals surface area contributed by atoms with Crippen LogP contribution in [0.25, 0.3) is 0 Å². The highest BCUT2D eigenvalue weighted by Crippen LogP contribution is 2.13. The lowest BCUT2D eigenvalue weighted by Gasteiger charge is -2.08. The average molecular weight is 237 g/mol. The summed E-state index contributed by atoms with van der Waals surface area (Å²) in [6.45, 7) is 0. The molecule has 92 valence electrons. The van der Waals surface area contributed by atoms with E-state index in [0.717, 1.165) is 12.8 Å². The first kappa shape index (κ1) is 12.6. The van der Waals surface area contributed by atoms with Gasteiger partial charge in [-0.05, 0) is 24.0 Å². The van der Waals surface area contributed by atoms with Crippen molar-refractivity contribution in [3.05, 3.63) is 83.9 Å². The van der Waals surface area contributed by atoms with Crippen LogP contribution in [0.15, 0.2) is 72.8 Å². The topological polar surface area (TPSA) is 26.0 Å². The van der Waals surface area contributed by atoms with Crippen molar-refractivity contribution in [2.75, 3.05) is 0 Å². The van der Waals surface area contributed by atoms with Crippen LogP contribution in [0.3, 0.4) is 0 Å². The molecule has 0 aromatic heterocycles. The maximum absolute atomic E-state index is 6.12. The van der Waals surface area contributed by atoms with Gasteiger partial charge in [0.15, 0.2) is 0 Å². The highest BCUT2D eigenvalue weighted by Gasteiger charge is 2.01. The summed E-state index contributed by atoms with van der Waals surface area (Å²) in [5, 5.41) is 0. The first-order chi connectivity index (χ1) is 8.86. The minimum absolute atomic E-state index is 0.0956. The maximum Gasteiger partial charge on any atom is 0.0329 e. The summed E-state index contributed by atoms with van der Waals surface area (Å²) in [7, 11) is 0. The number of allylic oxidation sites excluding steroid dienone is 1. The number of rotatable bonds is 5. The lowest BCUT2D eigenvalue weighted by molar-refractivity contribution is 0.739. The average Bonchev–Trinajstić information content (AvgIpc) is 2.45. The van der Waals surface area contributed by atoms with E-state index in [9.17, 15) is 0 Å². The fourth-order valence-electron chi connectivity index (χ4n) is 1.91. The van der Waals surface area contributed by atoms with E-state index in [-0.39, 0.29) is 6.04 Å². The summed E-state index contributed by atoms with van der Waals surface area (Å²) >= 11 is 0. The first-order valence-electron chi connectivity index (χ1n) is 6.36. The summed E-state index contributed by atoms with van der Waals surface area (Å²) in [6.07, 6.45) is 6.22. The molecule has 0 saturated carbocycles. The van der Waals surface area contributed by atoms with Gasteiger partial charge in [-0.2, -0.15) is 0 Å². The molecular weight excluding hydrogens is 218 g/mol. The van der Waals surface area contributed by atoms with Crippen LogP contribution in [0.1, 0.15) is 23.6 Å². The van der Waals surface area contributed by atoms with Crippen LogP contribution in [0.5, 0.6) is 0 Å². The molecule has 0 radical (unpaired) electrons. The molecule has 0 saturated heterocycles. The summed E-state index contributed by atoms with van der Waals surface area (Å²) in [5.41, 5.74) is 8.65. The molecule has 0 aliphatic heterocycles. The molecule has 1 unspecified atom stereocenters. The van der Waals surface area contributed by atoms with Crippen molar-refractivity contribution < 1.29 is 0 Å². The van der Waals surface area contributed by atoms with E-state index >= 15 is 0 Å². The second kappa shape index (κ2) is 6.77. The van der Waals surface area contributed by atoms with Crippen LogP contribution >= 0.6 is 0 Å². The Labute approximate surface area is 109 Å². The van der Waals surface area contributed by atoms with Gasteiger partial charge in [0.25, 0.3) is 0 Å². The molecule has 0 aliphatic carbocycles. The number of nitrogens with two attached hydrogens (primary N) is 1. The van der Waals surface area contributed by atoms with E-state index in [1.165, 1.54) is 11.1 Å². The van der Waals surface area contributed by atoms with Crippen LogP contribution in [-0.4, -0.2) is 0 Å². The molecule has 0 spiro atoms. The summed E-state index contributed by atoms with van der Waals surface area (Å²) in [6, 6.07) is 20.8. The molecule has 18 heavy (non-hydrogen) atoms. The van der Waals surface area contributed by atoms with Crippen molar-refractivity contribution >= 4 is 0 Å². The van der Waals surface area contributed by atoms with Gasteiger partial charge in [0.05, 0.1) is 0 Å². The molecule has 0 bridgehead atoms. The molecule has 1 heteroatoms. The van der Waals surface area contributed by atoms with Gasteiger partial charge in [0, 0.05) is 6.04 Å². The minimum Gasteiger partial charge on any atom is -0.324 e. The van der Waals surface area contributed by atoms with Crippen LogP contribution in [0, 0.1) is 0 Å². The van der Waals surface area contributed by atoms with Gasteiger partial charge in [-0.15, -0.1) is 0 Å². The third kappa shape index (κ3) is 3.86. The van der Waals surface area contributed by atoms with Gasteiger partial charge in [-0.1, -0.05) is 72.8 Å². The fraction of sp³-hybridized carbons (Fsp3) is 0.176. The molecule has 2 N–H and O–H groups in total. The largest absolute Gasteiger partial charge is 0.324 e. The fourth-order valence-corrected chi connectivity index (χ4v) is 1.91. The molecular formula is C17H19N. The van der Waals surface area contributed by atoms with Gasteiger partial charge in [-0.25, -0.2) is 0 Å². The Balaban J connectivity index is 1.81. The third-order valence-corrected chi connectivity index (χ3v) is 2.98. The Bertz CT molecular complexity index is 473. The second-order valence-electron chi connectivity index (χ2n) is 4.41. The van der Waals surface area contributed by atoms with Gasteiger partial charge in [0.1, 0.15) is 0 Å². The van der Waals surface area contributed by atoms with Gasteiger partial charge < -0.3 is 5.73 Å². The zero-order chi connectivity index (χ0) is 12.6. The van der Waals surface area contributed by atoms with Crippen molar-refractivity contribution in [3.63, 3.8) is 0 Å². The Morgan fingerprint density at radius 2 is 1.44 bits per heavy atom. The lowest BCUT2D eigenvalue weighted by atomic mass is 10.0. The van der Waals surface area contributed by atoms with E-state index in [1.807, 2.05) is 24.3 Å². The van der Waals surface area contributed by atoms with Crippen molar-refractivity contribution in [2.24, 2.45) is 5.73 Å². The monoisotopic (exact) mass is 237 g/mol. The van der Waals surface area contributed by atoms with E-state index < -0.39 is 0 Å². The summed E-state index contributed by atoms with van der Waals surface area (Å²) < 4.78 is 0. The van der Waals surface area contributed by atoms with Crippen molar-refractivity contribution in [2.45, 2.75) is 18.9 Å². The number of hydrogen-bond acceptors (Lipinski definition) is 1. The smallest absolute Gasteiger partial charge is 0.0329 e. The molecule has 0 amide bonds. The van der Waals surface area contributed by atoms with Crippen LogP contribution < -0.4 is 5.73 Å². The second-order valence-corrected chi connectivity index (χ2v) is 4.41. The zero-order valence-corrected chi connectivity index (χ0v) is 10.5. The van der Waals surface area contributed by atoms with Gasteiger partial charge in [0.2, 0.25) is 0 Å². The third-order valence-electron chi connectivity index (χ3n) is 2.98. The molecule has 2 aromatic carbocycles. The highest BCUT2D eigenvalue weighted by atomic mass is 14.6. The molecule has 0 fully saturated rings. The molecule has 1 atom stereocenters. The molecule has 0 heterocycles. The SMILES string of the molecule is NC(CC=CCc1ccccc1)c1ccccc1. The number of benzene rings is 2. The predicted molar refractivity (Wildman–Crippen MR) is 77.3 cm³/mol. The van der Waals surface area contributed by atoms with Crippen LogP contribution in [0.2, 0.25) is 0 Å². The molecule has 1 nitrogen and oxygen atoms in total. The standard InChI is InChI=1S/C17H19N/c18-17(16-12-5-2-6-13-16)14-8-7-11-15-9-3-1-4-10-15/h1-10,12-13,17H,11,14,18H2. The summed E-state index contributed by atoms with van der Waals surface area (Å²) in [4.78, 5) is 0. The summed E-state index contributed by atoms with van der Waals surface area (Å²) in [5.74, 6) is 0.